The van der Waals surface area contributed by atoms with Crippen LogP contribution < -0.4 is 10.2 Å². The highest BCUT2D eigenvalue weighted by atomic mass is 19.1. The Bertz CT molecular complexity index is 951. The van der Waals surface area contributed by atoms with E-state index in [1.807, 2.05) is 6.07 Å². The molecule has 0 radical (unpaired) electrons. The Balaban J connectivity index is 1.44. The number of furan rings is 1. The molecule has 1 atom stereocenters. The Morgan fingerprint density at radius 2 is 2.27 bits per heavy atom. The molecule has 1 fully saturated rings. The number of anilines is 1. The van der Waals surface area contributed by atoms with Gasteiger partial charge in [-0.25, -0.2) is 4.39 Å². The monoisotopic (exact) mass is 356 g/mol. The first-order chi connectivity index (χ1) is 12.6. The second kappa shape index (κ2) is 6.62. The van der Waals surface area contributed by atoms with Gasteiger partial charge in [-0.15, -0.1) is 0 Å². The highest BCUT2D eigenvalue weighted by Crippen LogP contribution is 2.31. The minimum absolute atomic E-state index is 0.0788. The van der Waals surface area contributed by atoms with Crippen molar-refractivity contribution >= 4 is 28.5 Å². The summed E-state index contributed by atoms with van der Waals surface area (Å²) in [6, 6.07) is 8.21. The third-order valence-corrected chi connectivity index (χ3v) is 4.52. The van der Waals surface area contributed by atoms with Gasteiger partial charge in [0.05, 0.1) is 23.1 Å². The van der Waals surface area contributed by atoms with E-state index < -0.39 is 11.7 Å². The van der Waals surface area contributed by atoms with Crippen molar-refractivity contribution in [2.24, 2.45) is 5.92 Å². The molecule has 8 heteroatoms. The molecule has 26 heavy (non-hydrogen) atoms. The molecule has 0 aliphatic carbocycles. The highest BCUT2D eigenvalue weighted by Gasteiger charge is 2.37. The van der Waals surface area contributed by atoms with E-state index in [9.17, 15) is 14.0 Å². The molecule has 1 saturated heterocycles. The van der Waals surface area contributed by atoms with Crippen molar-refractivity contribution in [2.75, 3.05) is 18.0 Å². The van der Waals surface area contributed by atoms with Crippen LogP contribution in [0.1, 0.15) is 12.2 Å². The van der Waals surface area contributed by atoms with Crippen LogP contribution in [-0.4, -0.2) is 35.1 Å². The highest BCUT2D eigenvalue weighted by molar-refractivity contribution is 6.05. The molecule has 1 aliphatic heterocycles. The lowest BCUT2D eigenvalue weighted by atomic mass is 10.1. The number of rotatable bonds is 5. The van der Waals surface area contributed by atoms with Gasteiger partial charge in [-0.2, -0.15) is 5.10 Å². The predicted molar refractivity (Wildman–Crippen MR) is 91.9 cm³/mol. The molecule has 134 valence electrons. The second-order valence-electron chi connectivity index (χ2n) is 6.24. The fourth-order valence-corrected chi connectivity index (χ4v) is 3.20. The van der Waals surface area contributed by atoms with Crippen LogP contribution in [0.25, 0.3) is 10.9 Å². The minimum Gasteiger partial charge on any atom is -0.469 e. The quantitative estimate of drug-likeness (QED) is 0.732. The van der Waals surface area contributed by atoms with Gasteiger partial charge in [0.15, 0.2) is 5.82 Å². The predicted octanol–water partition coefficient (Wildman–Crippen LogP) is 2.01. The van der Waals surface area contributed by atoms with Gasteiger partial charge in [-0.3, -0.25) is 19.6 Å². The molecule has 1 aliphatic rings. The van der Waals surface area contributed by atoms with Crippen LogP contribution in [0.4, 0.5) is 10.2 Å². The maximum absolute atomic E-state index is 14.1. The molecule has 3 aromatic rings. The molecule has 3 heterocycles. The first-order valence-electron chi connectivity index (χ1n) is 8.36. The molecule has 1 aromatic carbocycles. The van der Waals surface area contributed by atoms with Crippen molar-refractivity contribution in [3.05, 3.63) is 48.2 Å². The van der Waals surface area contributed by atoms with Gasteiger partial charge in [0.1, 0.15) is 11.6 Å². The zero-order valence-corrected chi connectivity index (χ0v) is 13.9. The fourth-order valence-electron chi connectivity index (χ4n) is 3.20. The smallest absolute Gasteiger partial charge is 0.229 e. The number of aromatic nitrogens is 2. The number of aromatic amines is 1. The van der Waals surface area contributed by atoms with E-state index in [4.69, 9.17) is 4.42 Å². The van der Waals surface area contributed by atoms with Gasteiger partial charge in [0, 0.05) is 25.9 Å². The summed E-state index contributed by atoms with van der Waals surface area (Å²) in [4.78, 5) is 26.1. The molecule has 0 unspecified atom stereocenters. The number of hydrogen-bond acceptors (Lipinski definition) is 4. The van der Waals surface area contributed by atoms with Crippen molar-refractivity contribution in [1.82, 2.24) is 15.5 Å². The number of carbonyl (C=O) groups is 2. The standard InChI is InChI=1S/C18H17FN4O3/c19-13-4-1-5-14-16(13)17(22-21-14)23-10-11(9-15(23)24)18(25)20-7-6-12-3-2-8-26-12/h1-5,8,11H,6-7,9-10H2,(H,20,25)(H,21,22)/t11-/m1/s1. The molecular weight excluding hydrogens is 339 g/mol. The van der Waals surface area contributed by atoms with Crippen molar-refractivity contribution < 1.29 is 18.4 Å². The lowest BCUT2D eigenvalue weighted by molar-refractivity contribution is -0.126. The van der Waals surface area contributed by atoms with E-state index in [0.717, 1.165) is 5.76 Å². The summed E-state index contributed by atoms with van der Waals surface area (Å²) in [7, 11) is 0. The first kappa shape index (κ1) is 16.3. The number of H-pyrrole nitrogens is 1. The van der Waals surface area contributed by atoms with E-state index in [-0.39, 0.29) is 36.0 Å². The Morgan fingerprint density at radius 1 is 1.38 bits per heavy atom. The molecule has 0 saturated carbocycles. The number of nitrogens with zero attached hydrogens (tertiary/aromatic N) is 2. The summed E-state index contributed by atoms with van der Waals surface area (Å²) in [6.07, 6.45) is 2.24. The van der Waals surface area contributed by atoms with E-state index in [1.165, 1.54) is 11.0 Å². The van der Waals surface area contributed by atoms with Crippen LogP contribution in [0.3, 0.4) is 0 Å². The molecule has 2 aromatic heterocycles. The van der Waals surface area contributed by atoms with Gasteiger partial charge < -0.3 is 9.73 Å². The Labute approximate surface area is 148 Å². The number of benzene rings is 1. The van der Waals surface area contributed by atoms with Crippen molar-refractivity contribution in [1.29, 1.82) is 0 Å². The summed E-state index contributed by atoms with van der Waals surface area (Å²) >= 11 is 0. The van der Waals surface area contributed by atoms with Crippen LogP contribution in [0.15, 0.2) is 41.0 Å². The fraction of sp³-hybridized carbons (Fsp3) is 0.278. The average Bonchev–Trinajstić information content (AvgIpc) is 3.34. The van der Waals surface area contributed by atoms with Gasteiger partial charge in [0.2, 0.25) is 11.8 Å². The SMILES string of the molecule is O=C(NCCc1ccco1)[C@@H]1CC(=O)N(c2n[nH]c3cccc(F)c23)C1. The van der Waals surface area contributed by atoms with Crippen molar-refractivity contribution in [3.8, 4) is 0 Å². The van der Waals surface area contributed by atoms with Gasteiger partial charge in [-0.05, 0) is 24.3 Å². The van der Waals surface area contributed by atoms with Crippen LogP contribution in [0.2, 0.25) is 0 Å². The molecular formula is C18H17FN4O3. The summed E-state index contributed by atoms with van der Waals surface area (Å²) in [5.41, 5.74) is 0.513. The van der Waals surface area contributed by atoms with Crippen molar-refractivity contribution in [3.63, 3.8) is 0 Å². The van der Waals surface area contributed by atoms with Gasteiger partial charge >= 0.3 is 0 Å². The molecule has 2 N–H and O–H groups in total. The maximum Gasteiger partial charge on any atom is 0.229 e. The molecule has 0 bridgehead atoms. The van der Waals surface area contributed by atoms with Crippen LogP contribution in [-0.2, 0) is 16.0 Å². The number of halogens is 1. The van der Waals surface area contributed by atoms with Crippen LogP contribution >= 0.6 is 0 Å². The second-order valence-corrected chi connectivity index (χ2v) is 6.24. The normalized spacial score (nSPS) is 17.2. The van der Waals surface area contributed by atoms with E-state index in [2.05, 4.69) is 15.5 Å². The van der Waals surface area contributed by atoms with E-state index in [1.54, 1.807) is 24.5 Å². The molecule has 2 amide bonds. The molecule has 4 rings (SSSR count). The summed E-state index contributed by atoms with van der Waals surface area (Å²) in [6.45, 7) is 0.608. The van der Waals surface area contributed by atoms with Gasteiger partial charge in [-0.1, -0.05) is 6.07 Å². The average molecular weight is 356 g/mol. The molecule has 0 spiro atoms. The largest absolute Gasteiger partial charge is 0.469 e. The van der Waals surface area contributed by atoms with E-state index >= 15 is 0 Å². The number of hydrogen-bond donors (Lipinski definition) is 2. The van der Waals surface area contributed by atoms with Crippen LogP contribution in [0, 0.1) is 11.7 Å². The summed E-state index contributed by atoms with van der Waals surface area (Å²) in [5.74, 6) is -0.370. The lowest BCUT2D eigenvalue weighted by Gasteiger charge is -2.14. The number of carbonyl (C=O) groups excluding carboxylic acids is 2. The Morgan fingerprint density at radius 3 is 3.08 bits per heavy atom. The first-order valence-corrected chi connectivity index (χ1v) is 8.36. The van der Waals surface area contributed by atoms with Gasteiger partial charge in [0.25, 0.3) is 0 Å². The van der Waals surface area contributed by atoms with Crippen molar-refractivity contribution in [2.45, 2.75) is 12.8 Å². The number of fused-ring (bicyclic) bond motifs is 1. The summed E-state index contributed by atoms with van der Waals surface area (Å²) < 4.78 is 19.3. The maximum atomic E-state index is 14.1. The zero-order chi connectivity index (χ0) is 18.1. The lowest BCUT2D eigenvalue weighted by Crippen LogP contribution is -2.34. The molecule has 7 nitrogen and oxygen atoms in total. The van der Waals surface area contributed by atoms with E-state index in [0.29, 0.717) is 18.5 Å². The van der Waals surface area contributed by atoms with Crippen LogP contribution in [0.5, 0.6) is 0 Å². The topological polar surface area (TPSA) is 91.2 Å². The zero-order valence-electron chi connectivity index (χ0n) is 13.9. The number of amides is 2. The third-order valence-electron chi connectivity index (χ3n) is 4.52. The number of nitrogens with one attached hydrogen (secondary N) is 2. The minimum atomic E-state index is -0.488. The Hall–Kier alpha value is -3.16. The summed E-state index contributed by atoms with van der Waals surface area (Å²) in [5, 5.41) is 9.88. The third kappa shape index (κ3) is 2.94. The Kier molecular flexibility index (Phi) is 4.16.